The van der Waals surface area contributed by atoms with Crippen LogP contribution in [0.5, 0.6) is 0 Å². The van der Waals surface area contributed by atoms with Gasteiger partial charge in [-0.3, -0.25) is 4.68 Å². The Morgan fingerprint density at radius 3 is 3.05 bits per heavy atom. The fraction of sp³-hybridized carbons (Fsp3) is 0.800. The average Bonchev–Trinajstić information content (AvgIpc) is 2.85. The van der Waals surface area contributed by atoms with Crippen LogP contribution in [0.15, 0.2) is 12.3 Å². The van der Waals surface area contributed by atoms with Crippen LogP contribution in [-0.2, 0) is 13.5 Å². The first kappa shape index (κ1) is 14.9. The van der Waals surface area contributed by atoms with Crippen LogP contribution in [0.25, 0.3) is 0 Å². The molecule has 2 atom stereocenters. The summed E-state index contributed by atoms with van der Waals surface area (Å²) in [7, 11) is 2.04. The molecule has 19 heavy (non-hydrogen) atoms. The third kappa shape index (κ3) is 4.53. The van der Waals surface area contributed by atoms with Gasteiger partial charge in [-0.25, -0.2) is 0 Å². The van der Waals surface area contributed by atoms with E-state index in [1.54, 1.807) is 0 Å². The fourth-order valence-electron chi connectivity index (χ4n) is 2.78. The molecule has 4 heteroatoms. The first-order chi connectivity index (χ1) is 9.31. The lowest BCUT2D eigenvalue weighted by Gasteiger charge is -2.30. The molecule has 0 spiro atoms. The summed E-state index contributed by atoms with van der Waals surface area (Å²) in [6, 6.07) is 2.81. The van der Waals surface area contributed by atoms with Gasteiger partial charge in [0.25, 0.3) is 0 Å². The van der Waals surface area contributed by atoms with Gasteiger partial charge in [0.15, 0.2) is 0 Å². The Balaban J connectivity index is 1.87. The minimum atomic E-state index is 0.667. The van der Waals surface area contributed by atoms with Crippen molar-refractivity contribution in [1.29, 1.82) is 0 Å². The predicted molar refractivity (Wildman–Crippen MR) is 83.7 cm³/mol. The zero-order chi connectivity index (χ0) is 13.5. The lowest BCUT2D eigenvalue weighted by molar-refractivity contribution is 0.436. The van der Waals surface area contributed by atoms with Gasteiger partial charge in [-0.15, -0.1) is 0 Å². The molecule has 1 aliphatic heterocycles. The molecule has 0 saturated carbocycles. The Bertz CT molecular complexity index is 358. The molecule has 108 valence electrons. The molecular weight excluding hydrogens is 254 g/mol. The summed E-state index contributed by atoms with van der Waals surface area (Å²) in [6.45, 7) is 3.40. The van der Waals surface area contributed by atoms with Crippen molar-refractivity contribution in [2.75, 3.05) is 12.3 Å². The summed E-state index contributed by atoms with van der Waals surface area (Å²) in [4.78, 5) is 0. The molecule has 2 rings (SSSR count). The zero-order valence-corrected chi connectivity index (χ0v) is 13.1. The van der Waals surface area contributed by atoms with Gasteiger partial charge in [0.1, 0.15) is 0 Å². The molecule has 1 aliphatic rings. The molecule has 2 heterocycles. The zero-order valence-electron chi connectivity index (χ0n) is 12.3. The van der Waals surface area contributed by atoms with Crippen LogP contribution < -0.4 is 5.32 Å². The molecule has 0 aromatic carbocycles. The van der Waals surface area contributed by atoms with E-state index in [1.807, 2.05) is 17.9 Å². The summed E-state index contributed by atoms with van der Waals surface area (Å²) in [5.41, 5.74) is 1.35. The molecule has 1 saturated heterocycles. The number of aryl methyl sites for hydroxylation is 2. The highest BCUT2D eigenvalue weighted by molar-refractivity contribution is 8.00. The van der Waals surface area contributed by atoms with Crippen molar-refractivity contribution in [2.45, 2.75) is 56.7 Å². The summed E-state index contributed by atoms with van der Waals surface area (Å²) in [5.74, 6) is 1.35. The Labute approximate surface area is 121 Å². The number of aromatic nitrogens is 2. The Morgan fingerprint density at radius 1 is 1.53 bits per heavy atom. The van der Waals surface area contributed by atoms with E-state index in [0.29, 0.717) is 6.04 Å². The van der Waals surface area contributed by atoms with Gasteiger partial charge in [-0.1, -0.05) is 13.3 Å². The van der Waals surface area contributed by atoms with Crippen molar-refractivity contribution in [3.05, 3.63) is 18.0 Å². The summed E-state index contributed by atoms with van der Waals surface area (Å²) in [5, 5.41) is 8.84. The Morgan fingerprint density at radius 2 is 2.42 bits per heavy atom. The second-order valence-electron chi connectivity index (χ2n) is 5.45. The minimum Gasteiger partial charge on any atom is -0.313 e. The van der Waals surface area contributed by atoms with Gasteiger partial charge in [-0.2, -0.15) is 16.9 Å². The highest BCUT2D eigenvalue weighted by Gasteiger charge is 2.23. The van der Waals surface area contributed by atoms with Crippen LogP contribution in [0.3, 0.4) is 0 Å². The second-order valence-corrected chi connectivity index (χ2v) is 6.80. The standard InChI is InChI=1S/C15H27N3S/c1-3-10-16-14(15-6-4-5-12-19-15)8-7-13-9-11-17-18(13)2/h9,11,14-16H,3-8,10,12H2,1-2H3. The topological polar surface area (TPSA) is 29.9 Å². The molecular formula is C15H27N3S. The van der Waals surface area contributed by atoms with Crippen LogP contribution in [0, 0.1) is 0 Å². The number of nitrogens with one attached hydrogen (secondary N) is 1. The summed E-state index contributed by atoms with van der Waals surface area (Å²) >= 11 is 2.18. The summed E-state index contributed by atoms with van der Waals surface area (Å²) < 4.78 is 2.00. The number of rotatable bonds is 7. The monoisotopic (exact) mass is 281 g/mol. The van der Waals surface area contributed by atoms with Gasteiger partial charge in [0.05, 0.1) is 0 Å². The van der Waals surface area contributed by atoms with Gasteiger partial charge >= 0.3 is 0 Å². The number of hydrogen-bond donors (Lipinski definition) is 1. The van der Waals surface area contributed by atoms with E-state index < -0.39 is 0 Å². The van der Waals surface area contributed by atoms with Crippen LogP contribution in [0.4, 0.5) is 0 Å². The maximum atomic E-state index is 4.26. The quantitative estimate of drug-likeness (QED) is 0.833. The Kier molecular flexibility index (Phi) is 6.24. The van der Waals surface area contributed by atoms with E-state index in [2.05, 4.69) is 35.2 Å². The molecule has 2 unspecified atom stereocenters. The molecule has 0 amide bonds. The van der Waals surface area contributed by atoms with E-state index in [0.717, 1.165) is 18.2 Å². The third-order valence-electron chi connectivity index (χ3n) is 3.95. The largest absolute Gasteiger partial charge is 0.313 e. The molecule has 0 aliphatic carbocycles. The van der Waals surface area contributed by atoms with Crippen molar-refractivity contribution in [2.24, 2.45) is 7.05 Å². The fourth-order valence-corrected chi connectivity index (χ4v) is 4.25. The highest BCUT2D eigenvalue weighted by Crippen LogP contribution is 2.29. The van der Waals surface area contributed by atoms with E-state index >= 15 is 0 Å². The van der Waals surface area contributed by atoms with Gasteiger partial charge in [0.2, 0.25) is 0 Å². The lowest BCUT2D eigenvalue weighted by Crippen LogP contribution is -2.40. The predicted octanol–water partition coefficient (Wildman–Crippen LogP) is 3.01. The van der Waals surface area contributed by atoms with Gasteiger partial charge in [-0.05, 0) is 50.5 Å². The van der Waals surface area contributed by atoms with Crippen LogP contribution in [0.1, 0.15) is 44.7 Å². The van der Waals surface area contributed by atoms with Crippen molar-refractivity contribution in [3.63, 3.8) is 0 Å². The van der Waals surface area contributed by atoms with Gasteiger partial charge < -0.3 is 5.32 Å². The Hall–Kier alpha value is -0.480. The molecule has 1 fully saturated rings. The lowest BCUT2D eigenvalue weighted by atomic mass is 10.0. The highest BCUT2D eigenvalue weighted by atomic mass is 32.2. The molecule has 0 radical (unpaired) electrons. The SMILES string of the molecule is CCCNC(CCc1ccnn1C)C1CCCCS1. The minimum absolute atomic E-state index is 0.667. The molecule has 0 bridgehead atoms. The van der Waals surface area contributed by atoms with Crippen molar-refractivity contribution in [1.82, 2.24) is 15.1 Å². The van der Waals surface area contributed by atoms with Gasteiger partial charge in [0, 0.05) is 30.2 Å². The van der Waals surface area contributed by atoms with Crippen LogP contribution in [0.2, 0.25) is 0 Å². The van der Waals surface area contributed by atoms with Crippen molar-refractivity contribution in [3.8, 4) is 0 Å². The summed E-state index contributed by atoms with van der Waals surface area (Å²) in [6.07, 6.45) is 9.69. The van der Waals surface area contributed by atoms with E-state index in [-0.39, 0.29) is 0 Å². The molecule has 3 nitrogen and oxygen atoms in total. The first-order valence-corrected chi connectivity index (χ1v) is 8.68. The normalized spacial score (nSPS) is 21.5. The third-order valence-corrected chi connectivity index (χ3v) is 5.47. The van der Waals surface area contributed by atoms with E-state index in [1.165, 1.54) is 43.6 Å². The van der Waals surface area contributed by atoms with Crippen molar-refractivity contribution >= 4 is 11.8 Å². The second kappa shape index (κ2) is 7.95. The van der Waals surface area contributed by atoms with Crippen LogP contribution >= 0.6 is 11.8 Å². The number of thioether (sulfide) groups is 1. The number of hydrogen-bond acceptors (Lipinski definition) is 3. The smallest absolute Gasteiger partial charge is 0.0492 e. The maximum Gasteiger partial charge on any atom is 0.0492 e. The average molecular weight is 281 g/mol. The van der Waals surface area contributed by atoms with E-state index in [9.17, 15) is 0 Å². The number of nitrogens with zero attached hydrogens (tertiary/aromatic N) is 2. The van der Waals surface area contributed by atoms with E-state index in [4.69, 9.17) is 0 Å². The molecule has 1 aromatic rings. The maximum absolute atomic E-state index is 4.26. The first-order valence-electron chi connectivity index (χ1n) is 7.63. The van der Waals surface area contributed by atoms with Crippen LogP contribution in [-0.4, -0.2) is 33.4 Å². The molecule has 1 N–H and O–H groups in total. The van der Waals surface area contributed by atoms with Crippen molar-refractivity contribution < 1.29 is 0 Å². The molecule has 1 aromatic heterocycles.